The minimum Gasteiger partial charge on any atom is -0.491 e. The number of carbonyl (C=O) groups excluding carboxylic acids is 1. The van der Waals surface area contributed by atoms with Gasteiger partial charge in [-0.15, -0.1) is 0 Å². The quantitative estimate of drug-likeness (QED) is 0.638. The van der Waals surface area contributed by atoms with Gasteiger partial charge in [-0.2, -0.15) is 0 Å². The van der Waals surface area contributed by atoms with Crippen LogP contribution in [0.2, 0.25) is 0 Å². The van der Waals surface area contributed by atoms with Crippen LogP contribution in [0.3, 0.4) is 0 Å². The van der Waals surface area contributed by atoms with Crippen LogP contribution in [0, 0.1) is 13.8 Å². The predicted molar refractivity (Wildman–Crippen MR) is 122 cm³/mol. The Kier molecular flexibility index (Phi) is 6.38. The van der Waals surface area contributed by atoms with Gasteiger partial charge in [0.25, 0.3) is 5.91 Å². The molecule has 0 saturated carbocycles. The van der Waals surface area contributed by atoms with E-state index in [0.717, 1.165) is 40.0 Å². The molecule has 0 aromatic heterocycles. The number of fused-ring (bicyclic) bond motifs is 1. The second-order valence-electron chi connectivity index (χ2n) is 8.23. The van der Waals surface area contributed by atoms with E-state index in [2.05, 4.69) is 12.1 Å². The lowest BCUT2D eigenvalue weighted by molar-refractivity contribution is 0.0732. The lowest BCUT2D eigenvalue weighted by atomic mass is 9.99. The average Bonchev–Trinajstić information content (AvgIpc) is 3.01. The third kappa shape index (κ3) is 4.80. The number of nitrogens with zero attached hydrogens (tertiary/aromatic N) is 1. The normalized spacial score (nSPS) is 14.4. The Hall–Kier alpha value is -3.11. The van der Waals surface area contributed by atoms with Crippen molar-refractivity contribution < 1.29 is 14.6 Å². The predicted octanol–water partition coefficient (Wildman–Crippen LogP) is 5.00. The molecular formula is C27H29NO3. The van der Waals surface area contributed by atoms with E-state index in [0.29, 0.717) is 26.1 Å². The highest BCUT2D eigenvalue weighted by Gasteiger charge is 2.23. The Labute approximate surface area is 184 Å². The molecule has 0 aliphatic carbocycles. The second kappa shape index (κ2) is 9.36. The van der Waals surface area contributed by atoms with Crippen molar-refractivity contribution in [3.05, 3.63) is 100 Å². The molecular weight excluding hydrogens is 386 g/mol. The number of aryl methyl sites for hydroxylation is 2. The summed E-state index contributed by atoms with van der Waals surface area (Å²) in [5.74, 6) is 0.808. The van der Waals surface area contributed by atoms with Gasteiger partial charge in [0.15, 0.2) is 0 Å². The third-order valence-electron chi connectivity index (χ3n) is 6.12. The van der Waals surface area contributed by atoms with Crippen molar-refractivity contribution in [1.82, 2.24) is 4.90 Å². The number of rotatable bonds is 5. The Morgan fingerprint density at radius 1 is 1.06 bits per heavy atom. The first-order chi connectivity index (χ1) is 15.0. The molecule has 1 aliphatic rings. The molecule has 160 valence electrons. The fourth-order valence-corrected chi connectivity index (χ4v) is 4.06. The van der Waals surface area contributed by atoms with E-state index in [1.807, 2.05) is 73.3 Å². The minimum atomic E-state index is -0.558. The van der Waals surface area contributed by atoms with Crippen LogP contribution < -0.4 is 4.74 Å². The van der Waals surface area contributed by atoms with Crippen molar-refractivity contribution in [3.8, 4) is 5.75 Å². The van der Waals surface area contributed by atoms with Crippen molar-refractivity contribution in [2.45, 2.75) is 39.3 Å². The van der Waals surface area contributed by atoms with Crippen LogP contribution in [0.1, 0.15) is 50.7 Å². The van der Waals surface area contributed by atoms with E-state index in [4.69, 9.17) is 4.74 Å². The third-order valence-corrected chi connectivity index (χ3v) is 6.12. The SMILES string of the molecule is Cc1cccc(C(=O)N2CCOc3ccc(C(O)CCc4ccccc4)cc3C2)c1C. The molecule has 4 rings (SSSR count). The molecule has 4 nitrogen and oxygen atoms in total. The van der Waals surface area contributed by atoms with Crippen LogP contribution in [0.5, 0.6) is 5.75 Å². The van der Waals surface area contributed by atoms with Gasteiger partial charge < -0.3 is 14.7 Å². The van der Waals surface area contributed by atoms with E-state index in [-0.39, 0.29) is 5.91 Å². The van der Waals surface area contributed by atoms with Crippen LogP contribution in [0.15, 0.2) is 66.7 Å². The monoisotopic (exact) mass is 415 g/mol. The summed E-state index contributed by atoms with van der Waals surface area (Å²) in [6, 6.07) is 21.9. The van der Waals surface area contributed by atoms with E-state index in [1.165, 1.54) is 5.56 Å². The summed E-state index contributed by atoms with van der Waals surface area (Å²) in [5.41, 5.74) is 5.88. The minimum absolute atomic E-state index is 0.0210. The summed E-state index contributed by atoms with van der Waals surface area (Å²) < 4.78 is 5.91. The standard InChI is InChI=1S/C27H29NO3/c1-19-7-6-10-24(20(19)2)27(30)28-15-16-31-26-14-12-22(17-23(26)18-28)25(29)13-11-21-8-4-3-5-9-21/h3-10,12,14,17,25,29H,11,13,15-16,18H2,1-2H3. The van der Waals surface area contributed by atoms with Gasteiger partial charge in [0, 0.05) is 17.7 Å². The van der Waals surface area contributed by atoms with Gasteiger partial charge >= 0.3 is 0 Å². The molecule has 1 atom stereocenters. The van der Waals surface area contributed by atoms with Crippen molar-refractivity contribution in [2.24, 2.45) is 0 Å². The van der Waals surface area contributed by atoms with Crippen LogP contribution in [0.25, 0.3) is 0 Å². The van der Waals surface area contributed by atoms with Gasteiger partial charge in [-0.1, -0.05) is 48.5 Å². The first-order valence-corrected chi connectivity index (χ1v) is 10.9. The Morgan fingerprint density at radius 2 is 1.87 bits per heavy atom. The van der Waals surface area contributed by atoms with Crippen LogP contribution in [-0.4, -0.2) is 29.1 Å². The molecule has 0 radical (unpaired) electrons. The number of ether oxygens (including phenoxy) is 1. The van der Waals surface area contributed by atoms with Crippen LogP contribution in [0.4, 0.5) is 0 Å². The first kappa shape index (κ1) is 21.1. The number of aliphatic hydroxyl groups is 1. The largest absolute Gasteiger partial charge is 0.491 e. The maximum absolute atomic E-state index is 13.2. The molecule has 3 aromatic rings. The van der Waals surface area contributed by atoms with Crippen molar-refractivity contribution in [1.29, 1.82) is 0 Å². The zero-order valence-corrected chi connectivity index (χ0v) is 18.2. The Balaban J connectivity index is 1.51. The molecule has 1 aliphatic heterocycles. The summed E-state index contributed by atoms with van der Waals surface area (Å²) in [6.07, 6.45) is 0.902. The molecule has 1 unspecified atom stereocenters. The fraction of sp³-hybridized carbons (Fsp3) is 0.296. The highest BCUT2D eigenvalue weighted by atomic mass is 16.5. The number of amides is 1. The topological polar surface area (TPSA) is 49.8 Å². The van der Waals surface area contributed by atoms with E-state index in [9.17, 15) is 9.90 Å². The molecule has 0 saturated heterocycles. The second-order valence-corrected chi connectivity index (χ2v) is 8.23. The highest BCUT2D eigenvalue weighted by Crippen LogP contribution is 2.29. The molecule has 0 bridgehead atoms. The molecule has 3 aromatic carbocycles. The summed E-state index contributed by atoms with van der Waals surface area (Å²) in [7, 11) is 0. The summed E-state index contributed by atoms with van der Waals surface area (Å²) in [6.45, 7) is 5.48. The Bertz CT molecular complexity index is 1060. The zero-order valence-electron chi connectivity index (χ0n) is 18.2. The van der Waals surface area contributed by atoms with Gasteiger partial charge in [0.2, 0.25) is 0 Å². The zero-order chi connectivity index (χ0) is 21.8. The fourth-order valence-electron chi connectivity index (χ4n) is 4.06. The van der Waals surface area contributed by atoms with Crippen molar-refractivity contribution >= 4 is 5.91 Å². The number of carbonyl (C=O) groups is 1. The molecule has 0 fully saturated rings. The van der Waals surface area contributed by atoms with E-state index in [1.54, 1.807) is 0 Å². The smallest absolute Gasteiger partial charge is 0.254 e. The average molecular weight is 416 g/mol. The van der Waals surface area contributed by atoms with Crippen molar-refractivity contribution in [3.63, 3.8) is 0 Å². The van der Waals surface area contributed by atoms with Gasteiger partial charge in [-0.25, -0.2) is 0 Å². The van der Waals surface area contributed by atoms with Crippen LogP contribution >= 0.6 is 0 Å². The molecule has 0 spiro atoms. The maximum atomic E-state index is 13.2. The molecule has 4 heteroatoms. The Morgan fingerprint density at radius 3 is 2.68 bits per heavy atom. The van der Waals surface area contributed by atoms with E-state index >= 15 is 0 Å². The van der Waals surface area contributed by atoms with Gasteiger partial charge in [-0.3, -0.25) is 4.79 Å². The van der Waals surface area contributed by atoms with Gasteiger partial charge in [0.05, 0.1) is 12.6 Å². The molecule has 1 amide bonds. The summed E-state index contributed by atoms with van der Waals surface area (Å²) in [4.78, 5) is 15.1. The molecule has 31 heavy (non-hydrogen) atoms. The van der Waals surface area contributed by atoms with E-state index < -0.39 is 6.10 Å². The number of aliphatic hydroxyl groups excluding tert-OH is 1. The lowest BCUT2D eigenvalue weighted by Gasteiger charge is -2.22. The molecule has 1 heterocycles. The number of hydrogen-bond acceptors (Lipinski definition) is 3. The number of benzene rings is 3. The highest BCUT2D eigenvalue weighted by molar-refractivity contribution is 5.96. The lowest BCUT2D eigenvalue weighted by Crippen LogP contribution is -2.33. The van der Waals surface area contributed by atoms with Crippen LogP contribution in [-0.2, 0) is 13.0 Å². The summed E-state index contributed by atoms with van der Waals surface area (Å²) >= 11 is 0. The maximum Gasteiger partial charge on any atom is 0.254 e. The summed E-state index contributed by atoms with van der Waals surface area (Å²) in [5, 5.41) is 10.8. The van der Waals surface area contributed by atoms with Gasteiger partial charge in [0.1, 0.15) is 12.4 Å². The number of hydrogen-bond donors (Lipinski definition) is 1. The van der Waals surface area contributed by atoms with Gasteiger partial charge in [-0.05, 0) is 67.1 Å². The molecule has 1 N–H and O–H groups in total. The first-order valence-electron chi connectivity index (χ1n) is 10.9. The van der Waals surface area contributed by atoms with Crippen molar-refractivity contribution in [2.75, 3.05) is 13.2 Å².